The number of nitrogens with one attached hydrogen (secondary N) is 1. The number of aryl methyl sites for hydroxylation is 1. The minimum atomic E-state index is -0.0387. The molecule has 0 atom stereocenters. The zero-order valence-corrected chi connectivity index (χ0v) is 11.9. The van der Waals surface area contributed by atoms with Gasteiger partial charge < -0.3 is 15.5 Å². The maximum absolute atomic E-state index is 12.8. The van der Waals surface area contributed by atoms with Crippen molar-refractivity contribution in [1.82, 2.24) is 4.98 Å². The fourth-order valence-corrected chi connectivity index (χ4v) is 2.57. The van der Waals surface area contributed by atoms with E-state index in [1.807, 2.05) is 31.2 Å². The number of H-pyrrole nitrogens is 1. The Kier molecular flexibility index (Phi) is 3.14. The predicted molar refractivity (Wildman–Crippen MR) is 83.9 cm³/mol. The quantitative estimate of drug-likeness (QED) is 0.571. The molecule has 2 aromatic carbocycles. The van der Waals surface area contributed by atoms with Crippen LogP contribution in [0.1, 0.15) is 21.6 Å². The molecule has 0 saturated carbocycles. The monoisotopic (exact) mass is 280 g/mol. The molecule has 0 spiro atoms. The molecule has 0 aliphatic rings. The van der Waals surface area contributed by atoms with Crippen LogP contribution in [0.15, 0.2) is 42.5 Å². The van der Waals surface area contributed by atoms with Gasteiger partial charge in [-0.1, -0.05) is 18.2 Å². The van der Waals surface area contributed by atoms with Gasteiger partial charge in [-0.25, -0.2) is 0 Å². The number of fused-ring (bicyclic) bond motifs is 1. The number of benzene rings is 2. The van der Waals surface area contributed by atoms with Gasteiger partial charge in [0.05, 0.1) is 18.4 Å². The summed E-state index contributed by atoms with van der Waals surface area (Å²) in [6, 6.07) is 12.9. The average molecular weight is 280 g/mol. The first-order valence-electron chi connectivity index (χ1n) is 6.67. The van der Waals surface area contributed by atoms with E-state index in [1.54, 1.807) is 18.2 Å². The fraction of sp³-hybridized carbons (Fsp3) is 0.118. The van der Waals surface area contributed by atoms with Crippen molar-refractivity contribution in [3.05, 3.63) is 59.3 Å². The number of rotatable bonds is 3. The highest BCUT2D eigenvalue weighted by Gasteiger charge is 2.18. The first-order valence-corrected chi connectivity index (χ1v) is 6.67. The van der Waals surface area contributed by atoms with E-state index in [2.05, 4.69) is 4.98 Å². The SMILES string of the molecule is COc1cc(C(=O)c2c(C)[nH]c3ccccc23)ccc1N. The number of ketones is 1. The number of nitrogen functional groups attached to an aromatic ring is 1. The Labute approximate surface area is 122 Å². The standard InChI is InChI=1S/C17H16N2O2/c1-10-16(12-5-3-4-6-14(12)19-10)17(20)11-7-8-13(18)15(9-11)21-2/h3-9,19H,18H2,1-2H3. The summed E-state index contributed by atoms with van der Waals surface area (Å²) < 4.78 is 5.19. The molecule has 0 saturated heterocycles. The van der Waals surface area contributed by atoms with E-state index < -0.39 is 0 Å². The third kappa shape index (κ3) is 2.14. The van der Waals surface area contributed by atoms with E-state index in [9.17, 15) is 4.79 Å². The van der Waals surface area contributed by atoms with Gasteiger partial charge in [-0.05, 0) is 31.2 Å². The highest BCUT2D eigenvalue weighted by molar-refractivity contribution is 6.17. The van der Waals surface area contributed by atoms with Gasteiger partial charge in [0.2, 0.25) is 0 Å². The Hall–Kier alpha value is -2.75. The largest absolute Gasteiger partial charge is 0.495 e. The number of anilines is 1. The molecule has 21 heavy (non-hydrogen) atoms. The molecule has 1 heterocycles. The molecule has 4 nitrogen and oxygen atoms in total. The number of methoxy groups -OCH3 is 1. The van der Waals surface area contributed by atoms with E-state index in [0.717, 1.165) is 16.6 Å². The lowest BCUT2D eigenvalue weighted by Crippen LogP contribution is -2.04. The first-order chi connectivity index (χ1) is 10.1. The summed E-state index contributed by atoms with van der Waals surface area (Å²) in [5.41, 5.74) is 9.39. The number of para-hydroxylation sites is 1. The number of ether oxygens (including phenoxy) is 1. The van der Waals surface area contributed by atoms with Crippen LogP contribution >= 0.6 is 0 Å². The Bertz CT molecular complexity index is 834. The van der Waals surface area contributed by atoms with Crippen molar-refractivity contribution < 1.29 is 9.53 Å². The van der Waals surface area contributed by atoms with Gasteiger partial charge in [-0.15, -0.1) is 0 Å². The highest BCUT2D eigenvalue weighted by Crippen LogP contribution is 2.28. The Morgan fingerprint density at radius 2 is 1.95 bits per heavy atom. The minimum Gasteiger partial charge on any atom is -0.495 e. The Balaban J connectivity index is 2.15. The maximum atomic E-state index is 12.8. The van der Waals surface area contributed by atoms with Crippen molar-refractivity contribution in [3.8, 4) is 5.75 Å². The molecule has 0 amide bonds. The molecule has 106 valence electrons. The zero-order chi connectivity index (χ0) is 15.0. The molecule has 4 heteroatoms. The van der Waals surface area contributed by atoms with Gasteiger partial charge in [0, 0.05) is 22.2 Å². The van der Waals surface area contributed by atoms with Crippen molar-refractivity contribution in [2.45, 2.75) is 6.92 Å². The number of carbonyl (C=O) groups excluding carboxylic acids is 1. The highest BCUT2D eigenvalue weighted by atomic mass is 16.5. The Morgan fingerprint density at radius 1 is 1.19 bits per heavy atom. The lowest BCUT2D eigenvalue weighted by Gasteiger charge is -2.07. The second-order valence-corrected chi connectivity index (χ2v) is 4.96. The van der Waals surface area contributed by atoms with Crippen molar-refractivity contribution in [2.75, 3.05) is 12.8 Å². The van der Waals surface area contributed by atoms with Crippen LogP contribution in [-0.4, -0.2) is 17.9 Å². The van der Waals surface area contributed by atoms with E-state index in [4.69, 9.17) is 10.5 Å². The summed E-state index contributed by atoms with van der Waals surface area (Å²) in [4.78, 5) is 16.0. The van der Waals surface area contributed by atoms with Crippen LogP contribution in [0.3, 0.4) is 0 Å². The second-order valence-electron chi connectivity index (χ2n) is 4.96. The third-order valence-corrected chi connectivity index (χ3v) is 3.62. The van der Waals surface area contributed by atoms with Gasteiger partial charge >= 0.3 is 0 Å². The predicted octanol–water partition coefficient (Wildman–Crippen LogP) is 3.30. The number of aromatic nitrogens is 1. The molecular formula is C17H16N2O2. The third-order valence-electron chi connectivity index (χ3n) is 3.62. The minimum absolute atomic E-state index is 0.0387. The van der Waals surface area contributed by atoms with Crippen LogP contribution < -0.4 is 10.5 Å². The molecule has 0 fully saturated rings. The van der Waals surface area contributed by atoms with Crippen LogP contribution in [-0.2, 0) is 0 Å². The van der Waals surface area contributed by atoms with Crippen molar-refractivity contribution in [2.24, 2.45) is 0 Å². The normalized spacial score (nSPS) is 10.8. The zero-order valence-electron chi connectivity index (χ0n) is 11.9. The van der Waals surface area contributed by atoms with Crippen LogP contribution in [0.5, 0.6) is 5.75 Å². The van der Waals surface area contributed by atoms with Gasteiger partial charge in [-0.3, -0.25) is 4.79 Å². The summed E-state index contributed by atoms with van der Waals surface area (Å²) in [5.74, 6) is 0.474. The molecule has 3 N–H and O–H groups in total. The number of nitrogens with two attached hydrogens (primary N) is 1. The number of carbonyl (C=O) groups is 1. The van der Waals surface area contributed by atoms with Gasteiger partial charge in [-0.2, -0.15) is 0 Å². The van der Waals surface area contributed by atoms with E-state index in [-0.39, 0.29) is 5.78 Å². The maximum Gasteiger partial charge on any atom is 0.195 e. The molecular weight excluding hydrogens is 264 g/mol. The van der Waals surface area contributed by atoms with Gasteiger partial charge in [0.25, 0.3) is 0 Å². The smallest absolute Gasteiger partial charge is 0.195 e. The molecule has 0 bridgehead atoms. The van der Waals surface area contributed by atoms with Crippen molar-refractivity contribution >= 4 is 22.4 Å². The van der Waals surface area contributed by atoms with Crippen LogP contribution in [0.25, 0.3) is 10.9 Å². The van der Waals surface area contributed by atoms with Crippen LogP contribution in [0.2, 0.25) is 0 Å². The van der Waals surface area contributed by atoms with Crippen molar-refractivity contribution in [3.63, 3.8) is 0 Å². The van der Waals surface area contributed by atoms with E-state index >= 15 is 0 Å². The van der Waals surface area contributed by atoms with E-state index in [0.29, 0.717) is 22.6 Å². The molecule has 3 rings (SSSR count). The summed E-state index contributed by atoms with van der Waals surface area (Å²) >= 11 is 0. The van der Waals surface area contributed by atoms with Gasteiger partial charge in [0.15, 0.2) is 5.78 Å². The summed E-state index contributed by atoms with van der Waals surface area (Å²) in [7, 11) is 1.54. The van der Waals surface area contributed by atoms with E-state index in [1.165, 1.54) is 7.11 Å². The second kappa shape index (κ2) is 4.98. The summed E-state index contributed by atoms with van der Waals surface area (Å²) in [6.45, 7) is 1.90. The average Bonchev–Trinajstić information content (AvgIpc) is 2.82. The Morgan fingerprint density at radius 3 is 2.71 bits per heavy atom. The molecule has 0 unspecified atom stereocenters. The fourth-order valence-electron chi connectivity index (χ4n) is 2.57. The van der Waals surface area contributed by atoms with Crippen LogP contribution in [0.4, 0.5) is 5.69 Å². The lowest BCUT2D eigenvalue weighted by molar-refractivity contribution is 0.103. The molecule has 0 aliphatic carbocycles. The molecule has 0 aliphatic heterocycles. The molecule has 0 radical (unpaired) electrons. The number of hydrogen-bond donors (Lipinski definition) is 2. The number of aromatic amines is 1. The van der Waals surface area contributed by atoms with Gasteiger partial charge in [0.1, 0.15) is 5.75 Å². The topological polar surface area (TPSA) is 68.1 Å². The summed E-state index contributed by atoms with van der Waals surface area (Å²) in [5, 5.41) is 0.927. The first kappa shape index (κ1) is 13.2. The van der Waals surface area contributed by atoms with Crippen LogP contribution in [0, 0.1) is 6.92 Å². The number of hydrogen-bond acceptors (Lipinski definition) is 3. The summed E-state index contributed by atoms with van der Waals surface area (Å²) in [6.07, 6.45) is 0. The van der Waals surface area contributed by atoms with Crippen molar-refractivity contribution in [1.29, 1.82) is 0 Å². The molecule has 1 aromatic heterocycles. The lowest BCUT2D eigenvalue weighted by atomic mass is 10.00. The molecule has 3 aromatic rings.